The average molecular weight is 539 g/mol. The standard InChI is InChI=1S/C19H18N6O7S3/c1-24-19(21-14(27)15(28)22-24)35-7-8-6-34-17-11(16(29)25(17)12(8)18(30)31)20-13(26)10(23-32-2)9-4-3-5-33-9/h3-5,11,17H,6-7H2,1-2H3,(H,20,26)(H,22,28)(H,30,31)/b23-10+/t11-,17-/m1/s1. The molecule has 0 radical (unpaired) electrons. The molecule has 0 saturated carbocycles. The summed E-state index contributed by atoms with van der Waals surface area (Å²) in [6.45, 7) is 0. The number of carboxylic acids is 1. The summed E-state index contributed by atoms with van der Waals surface area (Å²) >= 11 is 3.64. The first-order chi connectivity index (χ1) is 16.7. The van der Waals surface area contributed by atoms with Crippen molar-refractivity contribution in [3.63, 3.8) is 0 Å². The number of aryl methyl sites for hydroxylation is 1. The predicted octanol–water partition coefficient (Wildman–Crippen LogP) is -0.588. The third kappa shape index (κ3) is 4.76. The van der Waals surface area contributed by atoms with Gasteiger partial charge in [0.2, 0.25) is 0 Å². The monoisotopic (exact) mass is 538 g/mol. The minimum atomic E-state index is -1.28. The first-order valence-electron chi connectivity index (χ1n) is 9.89. The van der Waals surface area contributed by atoms with Crippen LogP contribution in [0.5, 0.6) is 0 Å². The van der Waals surface area contributed by atoms with Crippen molar-refractivity contribution >= 4 is 58.4 Å². The molecular formula is C19H18N6O7S3. The fraction of sp³-hybridized carbons (Fsp3) is 0.316. The molecule has 2 aliphatic rings. The highest BCUT2D eigenvalue weighted by molar-refractivity contribution is 8.01. The summed E-state index contributed by atoms with van der Waals surface area (Å²) < 4.78 is 1.27. The number of thiophene rings is 1. The Bertz CT molecular complexity index is 1360. The van der Waals surface area contributed by atoms with E-state index in [0.717, 1.165) is 16.7 Å². The van der Waals surface area contributed by atoms with E-state index in [0.29, 0.717) is 10.5 Å². The Hall–Kier alpha value is -3.37. The van der Waals surface area contributed by atoms with Crippen LogP contribution in [0.4, 0.5) is 0 Å². The molecule has 35 heavy (non-hydrogen) atoms. The molecular weight excluding hydrogens is 520 g/mol. The SMILES string of the molecule is CO/N=C(/C(=O)N[C@@H]1C(=O)N2C(C(=O)O)=C(CSc3nc(=O)c(=O)[nH]n3C)CS[C@H]12)c1cccs1. The molecule has 0 bridgehead atoms. The molecule has 184 valence electrons. The van der Waals surface area contributed by atoms with E-state index in [1.54, 1.807) is 17.5 Å². The van der Waals surface area contributed by atoms with E-state index in [9.17, 15) is 29.1 Å². The minimum Gasteiger partial charge on any atom is -0.477 e. The Morgan fingerprint density at radius 1 is 1.40 bits per heavy atom. The molecule has 4 heterocycles. The van der Waals surface area contributed by atoms with Crippen molar-refractivity contribution in [3.05, 3.63) is 54.4 Å². The molecule has 0 aromatic carbocycles. The molecule has 2 aliphatic heterocycles. The first kappa shape index (κ1) is 24.7. The number of aromatic nitrogens is 3. The van der Waals surface area contributed by atoms with E-state index in [1.165, 1.54) is 41.9 Å². The maximum atomic E-state index is 12.9. The minimum absolute atomic E-state index is 0.0136. The summed E-state index contributed by atoms with van der Waals surface area (Å²) in [5.74, 6) is -2.06. The molecule has 0 unspecified atom stereocenters. The van der Waals surface area contributed by atoms with Crippen LogP contribution in [0.15, 0.2) is 48.7 Å². The van der Waals surface area contributed by atoms with E-state index < -0.39 is 40.3 Å². The van der Waals surface area contributed by atoms with Gasteiger partial charge in [0.1, 0.15) is 24.2 Å². The maximum Gasteiger partial charge on any atom is 0.352 e. The van der Waals surface area contributed by atoms with Crippen molar-refractivity contribution in [3.8, 4) is 0 Å². The van der Waals surface area contributed by atoms with Crippen LogP contribution in [0, 0.1) is 0 Å². The molecule has 2 aromatic rings. The van der Waals surface area contributed by atoms with Crippen LogP contribution < -0.4 is 16.4 Å². The number of hydrogen-bond donors (Lipinski definition) is 3. The van der Waals surface area contributed by atoms with E-state index in [-0.39, 0.29) is 28.1 Å². The number of amides is 2. The summed E-state index contributed by atoms with van der Waals surface area (Å²) in [5.41, 5.74) is -1.53. The summed E-state index contributed by atoms with van der Waals surface area (Å²) in [7, 11) is 2.80. The number of fused-ring (bicyclic) bond motifs is 1. The molecule has 0 spiro atoms. The second-order valence-corrected chi connectivity index (χ2v) is 10.2. The molecule has 16 heteroatoms. The van der Waals surface area contributed by atoms with E-state index in [4.69, 9.17) is 4.84 Å². The van der Waals surface area contributed by atoms with Crippen molar-refractivity contribution in [1.29, 1.82) is 0 Å². The number of carbonyl (C=O) groups excluding carboxylic acids is 2. The van der Waals surface area contributed by atoms with Crippen LogP contribution in [-0.2, 0) is 26.3 Å². The summed E-state index contributed by atoms with van der Waals surface area (Å²) in [4.78, 5) is 70.8. The van der Waals surface area contributed by atoms with Gasteiger partial charge in [-0.25, -0.2) is 4.79 Å². The molecule has 1 fully saturated rings. The lowest BCUT2D eigenvalue weighted by Crippen LogP contribution is -2.71. The number of hydrogen-bond acceptors (Lipinski definition) is 11. The molecule has 4 rings (SSSR count). The highest BCUT2D eigenvalue weighted by atomic mass is 32.2. The van der Waals surface area contributed by atoms with Gasteiger partial charge in [-0.2, -0.15) is 4.98 Å². The van der Waals surface area contributed by atoms with Gasteiger partial charge in [-0.3, -0.25) is 33.9 Å². The number of β-lactam (4-membered cyclic amide) rings is 1. The van der Waals surface area contributed by atoms with Crippen molar-refractivity contribution in [2.45, 2.75) is 16.6 Å². The summed E-state index contributed by atoms with van der Waals surface area (Å²) in [6, 6.07) is 2.50. The normalized spacial score (nSPS) is 19.8. The molecule has 13 nitrogen and oxygen atoms in total. The Morgan fingerprint density at radius 3 is 2.83 bits per heavy atom. The second kappa shape index (κ2) is 10.1. The largest absolute Gasteiger partial charge is 0.477 e. The number of aliphatic carboxylic acids is 1. The van der Waals surface area contributed by atoms with Crippen molar-refractivity contribution in [2.75, 3.05) is 18.6 Å². The molecule has 1 saturated heterocycles. The van der Waals surface area contributed by atoms with E-state index >= 15 is 0 Å². The average Bonchev–Trinajstić information content (AvgIpc) is 3.36. The predicted molar refractivity (Wildman–Crippen MR) is 128 cm³/mol. The zero-order valence-electron chi connectivity index (χ0n) is 18.2. The van der Waals surface area contributed by atoms with Crippen LogP contribution in [0.2, 0.25) is 0 Å². The molecule has 0 aliphatic carbocycles. The topological polar surface area (TPSA) is 176 Å². The van der Waals surface area contributed by atoms with Gasteiger partial charge in [0.25, 0.3) is 11.8 Å². The van der Waals surface area contributed by atoms with Crippen molar-refractivity contribution in [1.82, 2.24) is 25.0 Å². The Labute approximate surface area is 209 Å². The number of nitrogens with one attached hydrogen (secondary N) is 2. The zero-order chi connectivity index (χ0) is 25.3. The van der Waals surface area contributed by atoms with Gasteiger partial charge in [0, 0.05) is 18.6 Å². The lowest BCUT2D eigenvalue weighted by Gasteiger charge is -2.49. The van der Waals surface area contributed by atoms with Crippen LogP contribution in [-0.4, -0.2) is 78.3 Å². The number of thioether (sulfide) groups is 2. The second-order valence-electron chi connectivity index (χ2n) is 7.21. The Kier molecular flexibility index (Phi) is 7.13. The summed E-state index contributed by atoms with van der Waals surface area (Å²) in [5, 5.41) is 19.9. The maximum absolute atomic E-state index is 12.9. The molecule has 2 amide bonds. The third-order valence-electron chi connectivity index (χ3n) is 5.01. The zero-order valence-corrected chi connectivity index (χ0v) is 20.7. The lowest BCUT2D eigenvalue weighted by molar-refractivity contribution is -0.150. The van der Waals surface area contributed by atoms with Crippen molar-refractivity contribution < 1.29 is 24.3 Å². The fourth-order valence-corrected chi connectivity index (χ4v) is 6.55. The quantitative estimate of drug-likeness (QED) is 0.129. The van der Waals surface area contributed by atoms with Gasteiger partial charge in [0.05, 0.1) is 4.88 Å². The van der Waals surface area contributed by atoms with Gasteiger partial charge in [-0.15, -0.1) is 23.1 Å². The number of carbonyl (C=O) groups is 3. The number of nitrogens with zero attached hydrogens (tertiary/aromatic N) is 4. The Morgan fingerprint density at radius 2 is 2.17 bits per heavy atom. The fourth-order valence-electron chi connectivity index (χ4n) is 3.45. The highest BCUT2D eigenvalue weighted by Crippen LogP contribution is 2.41. The first-order valence-corrected chi connectivity index (χ1v) is 12.8. The number of aromatic amines is 1. The lowest BCUT2D eigenvalue weighted by atomic mass is 10.0. The number of carboxylic acid groups (broad SMARTS) is 1. The van der Waals surface area contributed by atoms with Crippen LogP contribution in [0.25, 0.3) is 0 Å². The van der Waals surface area contributed by atoms with Crippen LogP contribution in [0.1, 0.15) is 4.88 Å². The third-order valence-corrected chi connectivity index (χ3v) is 8.34. The number of rotatable bonds is 8. The van der Waals surface area contributed by atoms with Gasteiger partial charge in [-0.1, -0.05) is 23.0 Å². The number of H-pyrrole nitrogens is 1. The van der Waals surface area contributed by atoms with Gasteiger partial charge in [0.15, 0.2) is 10.9 Å². The molecule has 2 atom stereocenters. The van der Waals surface area contributed by atoms with Gasteiger partial charge < -0.3 is 15.3 Å². The van der Waals surface area contributed by atoms with Gasteiger partial charge in [-0.05, 0) is 17.0 Å². The van der Waals surface area contributed by atoms with Crippen LogP contribution in [0.3, 0.4) is 0 Å². The van der Waals surface area contributed by atoms with Crippen molar-refractivity contribution in [2.24, 2.45) is 12.2 Å². The Balaban J connectivity index is 1.51. The smallest absolute Gasteiger partial charge is 0.352 e. The molecule has 2 aromatic heterocycles. The van der Waals surface area contributed by atoms with Crippen LogP contribution >= 0.6 is 34.9 Å². The van der Waals surface area contributed by atoms with Gasteiger partial charge >= 0.3 is 17.1 Å². The van der Waals surface area contributed by atoms with E-state index in [1.807, 2.05) is 0 Å². The molecule has 3 N–H and O–H groups in total. The summed E-state index contributed by atoms with van der Waals surface area (Å²) in [6.07, 6.45) is 0. The highest BCUT2D eigenvalue weighted by Gasteiger charge is 2.54. The van der Waals surface area contributed by atoms with E-state index in [2.05, 4.69) is 20.6 Å². The number of oxime groups is 1.